The van der Waals surface area contributed by atoms with Crippen LogP contribution in [0.2, 0.25) is 36.3 Å². The predicted molar refractivity (Wildman–Crippen MR) is 82.7 cm³/mol. The van der Waals surface area contributed by atoms with Gasteiger partial charge in [0, 0.05) is 0 Å². The lowest BCUT2D eigenvalue weighted by molar-refractivity contribution is 0.736. The minimum atomic E-state index is -1.01. The molecule has 0 saturated heterocycles. The molecule has 15 heavy (non-hydrogen) atoms. The average molecular weight is 263 g/mol. The van der Waals surface area contributed by atoms with E-state index in [0.717, 1.165) is 0 Å². The molecule has 0 rings (SSSR count). The van der Waals surface area contributed by atoms with Gasteiger partial charge in [-0.05, 0) is 5.04 Å². The summed E-state index contributed by atoms with van der Waals surface area (Å²) >= 11 is 0. The summed E-state index contributed by atoms with van der Waals surface area (Å²) in [7, 11) is -0.537. The molecule has 0 aliphatic rings. The van der Waals surface area contributed by atoms with Gasteiger partial charge in [0.15, 0.2) is 0 Å². The molecule has 0 heterocycles. The van der Waals surface area contributed by atoms with Crippen LogP contribution >= 0.6 is 7.68 Å². The quantitative estimate of drug-likeness (QED) is 0.442. The van der Waals surface area contributed by atoms with Crippen LogP contribution in [0.15, 0.2) is 0 Å². The van der Waals surface area contributed by atoms with Crippen molar-refractivity contribution < 1.29 is 0 Å². The molecule has 0 fully saturated rings. The van der Waals surface area contributed by atoms with E-state index in [-0.39, 0.29) is 0 Å². The van der Waals surface area contributed by atoms with Gasteiger partial charge in [0.1, 0.15) is 0 Å². The molecule has 3 heteroatoms. The Morgan fingerprint density at radius 1 is 0.867 bits per heavy atom. The van der Waals surface area contributed by atoms with Crippen LogP contribution in [-0.2, 0) is 0 Å². The van der Waals surface area contributed by atoms with Crippen molar-refractivity contribution in [1.29, 1.82) is 0 Å². The van der Waals surface area contributed by atoms with Crippen molar-refractivity contribution in [2.24, 2.45) is 0 Å². The second-order valence-electron chi connectivity index (χ2n) is 6.34. The zero-order valence-corrected chi connectivity index (χ0v) is 15.1. The molecule has 0 bridgehead atoms. The summed E-state index contributed by atoms with van der Waals surface area (Å²) in [5, 5.41) is 0.587. The van der Waals surface area contributed by atoms with Crippen LogP contribution < -0.4 is 0 Å². The zero-order chi connectivity index (χ0) is 12.3. The van der Waals surface area contributed by atoms with E-state index in [1.807, 2.05) is 0 Å². The Labute approximate surface area is 101 Å². The average Bonchev–Trinajstić information content (AvgIpc) is 2.12. The highest BCUT2D eigenvalue weighted by Gasteiger charge is 2.41. The van der Waals surface area contributed by atoms with Crippen molar-refractivity contribution in [2.75, 3.05) is 0 Å². The molecule has 0 aliphatic heterocycles. The molecule has 0 amide bonds. The van der Waals surface area contributed by atoms with Crippen LogP contribution in [0.5, 0.6) is 0 Å². The van der Waals surface area contributed by atoms with Gasteiger partial charge in [-0.2, -0.15) is 0 Å². The Morgan fingerprint density at radius 3 is 1.40 bits per heavy atom. The third-order valence-corrected chi connectivity index (χ3v) is 32.7. The van der Waals surface area contributed by atoms with Crippen molar-refractivity contribution in [2.45, 2.75) is 77.8 Å². The van der Waals surface area contributed by atoms with Crippen molar-refractivity contribution in [3.63, 3.8) is 0 Å². The molecule has 0 spiro atoms. The maximum Gasteiger partial charge on any atom is 0.0731 e. The third kappa shape index (κ3) is 3.98. The van der Waals surface area contributed by atoms with Crippen LogP contribution in [0.25, 0.3) is 0 Å². The first-order valence-electron chi connectivity index (χ1n) is 6.43. The molecule has 0 radical (unpaired) electrons. The molecule has 0 aromatic carbocycles. The molecular formula is C12H31PSi2. The lowest BCUT2D eigenvalue weighted by atomic mass is 10.2. The minimum absolute atomic E-state index is 0.587. The first-order valence-corrected chi connectivity index (χ1v) is 15.1. The van der Waals surface area contributed by atoms with Crippen LogP contribution in [0.1, 0.15) is 41.5 Å². The fourth-order valence-electron chi connectivity index (χ4n) is 1.87. The van der Waals surface area contributed by atoms with Gasteiger partial charge in [-0.25, -0.2) is 0 Å². The summed E-state index contributed by atoms with van der Waals surface area (Å²) in [4.78, 5) is 0. The van der Waals surface area contributed by atoms with Gasteiger partial charge < -0.3 is 0 Å². The maximum atomic E-state index is 2.62. The fourth-order valence-corrected chi connectivity index (χ4v) is 32.4. The van der Waals surface area contributed by atoms with Gasteiger partial charge in [0.25, 0.3) is 0 Å². The van der Waals surface area contributed by atoms with Crippen molar-refractivity contribution in [3.05, 3.63) is 0 Å². The SMILES string of the molecule is CC[Si](CC)(CC)P[Si](C)(C)C(C)(C)C. The number of rotatable bonds is 5. The molecule has 0 nitrogen and oxygen atoms in total. The van der Waals surface area contributed by atoms with Crippen LogP contribution in [0.4, 0.5) is 0 Å². The first-order chi connectivity index (χ1) is 6.64. The Bertz CT molecular complexity index is 182. The smallest absolute Gasteiger partial charge is 0.0731 e. The number of hydrogen-bond acceptors (Lipinski definition) is 0. The highest BCUT2D eigenvalue weighted by molar-refractivity contribution is 8.07. The number of hydrogen-bond donors (Lipinski definition) is 0. The molecule has 1 unspecified atom stereocenters. The van der Waals surface area contributed by atoms with Crippen LogP contribution in [0.3, 0.4) is 0 Å². The highest BCUT2D eigenvalue weighted by Crippen LogP contribution is 2.54. The minimum Gasteiger partial charge on any atom is -0.143 e. The van der Waals surface area contributed by atoms with Crippen LogP contribution in [-0.4, -0.2) is 15.5 Å². The largest absolute Gasteiger partial charge is 0.143 e. The van der Waals surface area contributed by atoms with E-state index < -0.39 is 15.5 Å². The van der Waals surface area contributed by atoms with E-state index in [9.17, 15) is 0 Å². The summed E-state index contributed by atoms with van der Waals surface area (Å²) < 4.78 is 0. The Kier molecular flexibility index (Phi) is 5.78. The van der Waals surface area contributed by atoms with E-state index in [4.69, 9.17) is 0 Å². The van der Waals surface area contributed by atoms with Crippen LogP contribution in [0, 0.1) is 0 Å². The second-order valence-corrected chi connectivity index (χ2v) is 26.0. The van der Waals surface area contributed by atoms with E-state index in [2.05, 4.69) is 54.6 Å². The molecule has 1 atom stereocenters. The second kappa shape index (κ2) is 5.47. The molecule has 0 N–H and O–H groups in total. The van der Waals surface area contributed by atoms with Gasteiger partial charge in [-0.3, -0.25) is 0 Å². The molecular weight excluding hydrogens is 231 g/mol. The zero-order valence-electron chi connectivity index (χ0n) is 12.1. The van der Waals surface area contributed by atoms with E-state index in [0.29, 0.717) is 5.04 Å². The van der Waals surface area contributed by atoms with Crippen molar-refractivity contribution in [1.82, 2.24) is 0 Å². The van der Waals surface area contributed by atoms with Crippen molar-refractivity contribution >= 4 is 23.2 Å². The van der Waals surface area contributed by atoms with Gasteiger partial charge in [0.2, 0.25) is 0 Å². The topological polar surface area (TPSA) is 0 Å². The van der Waals surface area contributed by atoms with Gasteiger partial charge in [-0.1, -0.05) is 72.8 Å². The standard InChI is InChI=1S/C12H31PSi2/c1-9-15(10-2,11-3)13-14(7,8)12(4,5)6/h13H,9-11H2,1-8H3. The van der Waals surface area contributed by atoms with E-state index in [1.54, 1.807) is 0 Å². The Morgan fingerprint density at radius 2 is 1.20 bits per heavy atom. The summed E-state index contributed by atoms with van der Waals surface area (Å²) in [6.07, 6.45) is 0. The summed E-state index contributed by atoms with van der Waals surface area (Å²) in [6, 6.07) is 4.51. The summed E-state index contributed by atoms with van der Waals surface area (Å²) in [6.45, 7) is 20.0. The van der Waals surface area contributed by atoms with Gasteiger partial charge >= 0.3 is 0 Å². The Balaban J connectivity index is 4.82. The lowest BCUT2D eigenvalue weighted by Gasteiger charge is -2.44. The summed E-state index contributed by atoms with van der Waals surface area (Å²) in [5.74, 6) is 0. The fraction of sp³-hybridized carbons (Fsp3) is 1.00. The molecule has 0 aliphatic carbocycles. The summed E-state index contributed by atoms with van der Waals surface area (Å²) in [5.41, 5.74) is 0. The maximum absolute atomic E-state index is 2.62. The molecule has 0 aromatic heterocycles. The Hall–Kier alpha value is 0.864. The normalized spacial score (nSPS) is 15.2. The molecule has 0 aromatic rings. The molecule has 0 saturated carbocycles. The van der Waals surface area contributed by atoms with Crippen molar-refractivity contribution in [3.8, 4) is 0 Å². The highest BCUT2D eigenvalue weighted by atomic mass is 31.6. The molecule has 92 valence electrons. The monoisotopic (exact) mass is 262 g/mol. The van der Waals surface area contributed by atoms with Gasteiger partial charge in [-0.15, -0.1) is 7.68 Å². The van der Waals surface area contributed by atoms with E-state index >= 15 is 0 Å². The lowest BCUT2D eigenvalue weighted by Crippen LogP contribution is -2.40. The van der Waals surface area contributed by atoms with Gasteiger partial charge in [0.05, 0.1) is 15.5 Å². The first kappa shape index (κ1) is 15.9. The predicted octanol–water partition coefficient (Wildman–Crippen LogP) is 5.68. The third-order valence-electron chi connectivity index (χ3n) is 4.48. The van der Waals surface area contributed by atoms with E-state index in [1.165, 1.54) is 25.8 Å².